The van der Waals surface area contributed by atoms with Gasteiger partial charge in [-0.3, -0.25) is 9.20 Å². The van der Waals surface area contributed by atoms with Gasteiger partial charge in [0.05, 0.1) is 12.0 Å². The Morgan fingerprint density at radius 3 is 2.65 bits per heavy atom. The van der Waals surface area contributed by atoms with Crippen LogP contribution in [0.4, 0.5) is 0 Å². The molecule has 1 amide bonds. The molecule has 1 aromatic carbocycles. The van der Waals surface area contributed by atoms with E-state index < -0.39 is 0 Å². The molecule has 1 saturated heterocycles. The molecule has 1 aliphatic rings. The Balaban J connectivity index is 1.51. The van der Waals surface area contributed by atoms with Crippen molar-refractivity contribution in [2.45, 2.75) is 25.8 Å². The highest BCUT2D eigenvalue weighted by molar-refractivity contribution is 5.83. The molecule has 2 aromatic heterocycles. The number of carbonyl (C=O) groups is 1. The van der Waals surface area contributed by atoms with Crippen molar-refractivity contribution in [2.24, 2.45) is 5.41 Å². The number of benzene rings is 1. The Morgan fingerprint density at radius 1 is 1.08 bits per heavy atom. The van der Waals surface area contributed by atoms with Crippen molar-refractivity contribution in [3.8, 4) is 0 Å². The molecule has 4 rings (SSSR count). The number of aromatic nitrogens is 3. The fourth-order valence-corrected chi connectivity index (χ4v) is 3.73. The third-order valence-electron chi connectivity index (χ3n) is 5.22. The lowest BCUT2D eigenvalue weighted by Gasteiger charge is -2.36. The highest BCUT2D eigenvalue weighted by Gasteiger charge is 2.39. The van der Waals surface area contributed by atoms with Gasteiger partial charge >= 0.3 is 0 Å². The molecule has 0 saturated carbocycles. The van der Waals surface area contributed by atoms with Crippen LogP contribution in [-0.4, -0.2) is 33.6 Å². The monoisotopic (exact) mass is 349 g/mol. The summed E-state index contributed by atoms with van der Waals surface area (Å²) in [6, 6.07) is 16.0. The Hall–Kier alpha value is -2.73. The molecule has 0 radical (unpaired) electrons. The second-order valence-electron chi connectivity index (χ2n) is 6.92. The molecule has 0 bridgehead atoms. The summed E-state index contributed by atoms with van der Waals surface area (Å²) in [6.07, 6.45) is 4.37. The van der Waals surface area contributed by atoms with E-state index in [0.29, 0.717) is 6.54 Å². The first-order valence-electron chi connectivity index (χ1n) is 9.08. The summed E-state index contributed by atoms with van der Waals surface area (Å²) in [6.45, 7) is 2.12. The van der Waals surface area contributed by atoms with Crippen LogP contribution in [-0.2, 0) is 17.8 Å². The van der Waals surface area contributed by atoms with E-state index >= 15 is 0 Å². The van der Waals surface area contributed by atoms with Crippen LogP contribution < -0.4 is 10.6 Å². The average molecular weight is 349 g/mol. The first kappa shape index (κ1) is 16.7. The van der Waals surface area contributed by atoms with Gasteiger partial charge in [0.2, 0.25) is 5.91 Å². The number of amides is 1. The zero-order valence-electron chi connectivity index (χ0n) is 14.7. The summed E-state index contributed by atoms with van der Waals surface area (Å²) >= 11 is 0. The standard InChI is InChI=1S/C20H23N5O/c26-19(22-15-18-24-23-17-8-4-5-13-25(17)18)20(9-11-21-12-10-20)14-16-6-2-1-3-7-16/h1-8,13,21H,9-12,14-15H2,(H,22,26). The van der Waals surface area contributed by atoms with Gasteiger partial charge in [0.1, 0.15) is 0 Å². The first-order valence-corrected chi connectivity index (χ1v) is 9.08. The molecule has 3 aromatic rings. The van der Waals surface area contributed by atoms with Crippen LogP contribution in [0.3, 0.4) is 0 Å². The Labute approximate surface area is 152 Å². The fraction of sp³-hybridized carbons (Fsp3) is 0.350. The van der Waals surface area contributed by atoms with Crippen LogP contribution in [0.25, 0.3) is 5.65 Å². The molecule has 1 fully saturated rings. The van der Waals surface area contributed by atoms with Crippen LogP contribution in [0, 0.1) is 5.41 Å². The lowest BCUT2D eigenvalue weighted by molar-refractivity contribution is -0.132. The SMILES string of the molecule is O=C(NCc1nnc2ccccn12)C1(Cc2ccccc2)CCNCC1. The number of fused-ring (bicyclic) bond motifs is 1. The van der Waals surface area contributed by atoms with E-state index in [1.807, 2.05) is 47.0 Å². The molecular formula is C20H23N5O. The van der Waals surface area contributed by atoms with Crippen molar-refractivity contribution in [1.29, 1.82) is 0 Å². The molecule has 134 valence electrons. The van der Waals surface area contributed by atoms with Crippen molar-refractivity contribution in [3.63, 3.8) is 0 Å². The summed E-state index contributed by atoms with van der Waals surface area (Å²) < 4.78 is 1.91. The largest absolute Gasteiger partial charge is 0.348 e. The van der Waals surface area contributed by atoms with Crippen molar-refractivity contribution in [1.82, 2.24) is 25.2 Å². The number of piperidine rings is 1. The van der Waals surface area contributed by atoms with Gasteiger partial charge in [-0.15, -0.1) is 10.2 Å². The average Bonchev–Trinajstić information content (AvgIpc) is 3.11. The highest BCUT2D eigenvalue weighted by Crippen LogP contribution is 2.33. The van der Waals surface area contributed by atoms with Crippen LogP contribution in [0.5, 0.6) is 0 Å². The lowest BCUT2D eigenvalue weighted by Crippen LogP contribution is -2.48. The van der Waals surface area contributed by atoms with Crippen molar-refractivity contribution in [2.75, 3.05) is 13.1 Å². The maximum absolute atomic E-state index is 13.2. The topological polar surface area (TPSA) is 71.3 Å². The fourth-order valence-electron chi connectivity index (χ4n) is 3.73. The predicted octanol–water partition coefficient (Wildman–Crippen LogP) is 1.96. The second-order valence-corrected chi connectivity index (χ2v) is 6.92. The molecule has 3 heterocycles. The van der Waals surface area contributed by atoms with Gasteiger partial charge in [0, 0.05) is 6.20 Å². The maximum Gasteiger partial charge on any atom is 0.227 e. The zero-order chi connectivity index (χ0) is 17.8. The van der Waals surface area contributed by atoms with E-state index in [1.165, 1.54) is 5.56 Å². The van der Waals surface area contributed by atoms with Gasteiger partial charge < -0.3 is 10.6 Å². The molecule has 2 N–H and O–H groups in total. The number of carbonyl (C=O) groups excluding carboxylic acids is 1. The number of rotatable bonds is 5. The van der Waals surface area contributed by atoms with E-state index in [2.05, 4.69) is 33.0 Å². The highest BCUT2D eigenvalue weighted by atomic mass is 16.2. The van der Waals surface area contributed by atoms with Crippen molar-refractivity contribution in [3.05, 3.63) is 66.1 Å². The Morgan fingerprint density at radius 2 is 1.85 bits per heavy atom. The van der Waals surface area contributed by atoms with Crippen LogP contribution in [0.2, 0.25) is 0 Å². The predicted molar refractivity (Wildman–Crippen MR) is 99.5 cm³/mol. The Bertz CT molecular complexity index is 883. The van der Waals surface area contributed by atoms with E-state index in [0.717, 1.165) is 43.8 Å². The van der Waals surface area contributed by atoms with Crippen LogP contribution >= 0.6 is 0 Å². The van der Waals surface area contributed by atoms with Gasteiger partial charge in [0.15, 0.2) is 11.5 Å². The molecular weight excluding hydrogens is 326 g/mol. The molecule has 6 heteroatoms. The first-order chi connectivity index (χ1) is 12.8. The van der Waals surface area contributed by atoms with Gasteiger partial charge in [-0.05, 0) is 50.0 Å². The molecule has 26 heavy (non-hydrogen) atoms. The summed E-state index contributed by atoms with van der Waals surface area (Å²) in [5.74, 6) is 0.855. The normalized spacial score (nSPS) is 16.5. The number of hydrogen-bond donors (Lipinski definition) is 2. The maximum atomic E-state index is 13.2. The minimum Gasteiger partial charge on any atom is -0.348 e. The summed E-state index contributed by atoms with van der Waals surface area (Å²) in [4.78, 5) is 13.2. The van der Waals surface area contributed by atoms with Gasteiger partial charge in [-0.25, -0.2) is 0 Å². The number of nitrogens with one attached hydrogen (secondary N) is 2. The second kappa shape index (κ2) is 7.25. The minimum absolute atomic E-state index is 0.107. The molecule has 0 aliphatic carbocycles. The number of pyridine rings is 1. The molecule has 0 unspecified atom stereocenters. The smallest absolute Gasteiger partial charge is 0.227 e. The van der Waals surface area contributed by atoms with Crippen LogP contribution in [0.1, 0.15) is 24.2 Å². The molecule has 0 spiro atoms. The van der Waals surface area contributed by atoms with Crippen LogP contribution in [0.15, 0.2) is 54.7 Å². The summed E-state index contributed by atoms with van der Waals surface area (Å²) in [7, 11) is 0. The third kappa shape index (κ3) is 3.32. The van der Waals surface area contributed by atoms with E-state index in [4.69, 9.17) is 0 Å². The van der Waals surface area contributed by atoms with E-state index in [-0.39, 0.29) is 11.3 Å². The van der Waals surface area contributed by atoms with Crippen molar-refractivity contribution >= 4 is 11.6 Å². The number of hydrogen-bond acceptors (Lipinski definition) is 4. The quantitative estimate of drug-likeness (QED) is 0.739. The summed E-state index contributed by atoms with van der Waals surface area (Å²) in [5.41, 5.74) is 1.63. The molecule has 0 atom stereocenters. The third-order valence-corrected chi connectivity index (χ3v) is 5.22. The Kier molecular flexibility index (Phi) is 4.67. The molecule has 1 aliphatic heterocycles. The van der Waals surface area contributed by atoms with E-state index in [9.17, 15) is 4.79 Å². The van der Waals surface area contributed by atoms with E-state index in [1.54, 1.807) is 0 Å². The van der Waals surface area contributed by atoms with Gasteiger partial charge in [-0.1, -0.05) is 36.4 Å². The lowest BCUT2D eigenvalue weighted by atomic mass is 9.73. The van der Waals surface area contributed by atoms with Gasteiger partial charge in [0.25, 0.3) is 0 Å². The summed E-state index contributed by atoms with van der Waals surface area (Å²) in [5, 5.41) is 14.8. The minimum atomic E-state index is -0.368. The van der Waals surface area contributed by atoms with Gasteiger partial charge in [-0.2, -0.15) is 0 Å². The number of nitrogens with zero attached hydrogens (tertiary/aromatic N) is 3. The zero-order valence-corrected chi connectivity index (χ0v) is 14.7. The molecule has 6 nitrogen and oxygen atoms in total. The van der Waals surface area contributed by atoms with Crippen molar-refractivity contribution < 1.29 is 4.79 Å².